The zero-order valence-electron chi connectivity index (χ0n) is 23.6. The predicted molar refractivity (Wildman–Crippen MR) is 151 cm³/mol. The van der Waals surface area contributed by atoms with Gasteiger partial charge in [-0.2, -0.15) is 5.10 Å². The van der Waals surface area contributed by atoms with E-state index in [9.17, 15) is 9.59 Å². The van der Waals surface area contributed by atoms with Gasteiger partial charge < -0.3 is 0 Å². The summed E-state index contributed by atoms with van der Waals surface area (Å²) in [6.07, 6.45) is 8.26. The number of carbonyl (C=O) groups excluding carboxylic acids is 2. The molecule has 0 aliphatic carbocycles. The Hall–Kier alpha value is -3.32. The van der Waals surface area contributed by atoms with Crippen LogP contribution in [0.25, 0.3) is 0 Å². The van der Waals surface area contributed by atoms with Gasteiger partial charge in [-0.05, 0) is 31.3 Å². The van der Waals surface area contributed by atoms with Crippen LogP contribution in [0.4, 0.5) is 5.69 Å². The van der Waals surface area contributed by atoms with Gasteiger partial charge in [0.15, 0.2) is 0 Å². The van der Waals surface area contributed by atoms with E-state index < -0.39 is 0 Å². The molecule has 2 aromatic rings. The molecule has 0 bridgehead atoms. The van der Waals surface area contributed by atoms with E-state index in [1.54, 1.807) is 22.0 Å². The standard InChI is InChI=1S/C24H31BN6O2.C4H10/c1-15(2)6-16(3)7-21(19-9-28-30(5)14-19)29-23-17(4)26-10-20(23)24(33)27-11-22(32)31-12-18(8-25)13-31;1-4(2)3/h7,9-10,14-15,18,26H,6,11-13H2,1-5H3,(H,27,33);4H,1-3H3/b16-7+,29-21?;. The van der Waals surface area contributed by atoms with Gasteiger partial charge in [0, 0.05) is 18.8 Å². The number of aromatic amines is 1. The second-order valence-electron chi connectivity index (χ2n) is 10.7. The summed E-state index contributed by atoms with van der Waals surface area (Å²) < 4.78 is 1.72. The Morgan fingerprint density at radius 2 is 1.95 bits per heavy atom. The number of rotatable bonds is 8. The number of allylic oxidation sites excluding steroid dienone is 2. The first kappa shape index (κ1) is 29.9. The van der Waals surface area contributed by atoms with Crippen molar-refractivity contribution < 1.29 is 9.59 Å². The van der Waals surface area contributed by atoms with Crippen molar-refractivity contribution >= 4 is 30.5 Å². The first-order valence-electron chi connectivity index (χ1n) is 12.9. The maximum atomic E-state index is 12.9. The fraction of sp³-hybridized carbons (Fsp3) is 0.536. The molecule has 3 rings (SSSR count). The molecule has 2 aromatic heterocycles. The van der Waals surface area contributed by atoms with Gasteiger partial charge in [-0.15, -0.1) is 0 Å². The van der Waals surface area contributed by atoms with Crippen LogP contribution in [0, 0.1) is 30.5 Å². The molecule has 9 heteroatoms. The van der Waals surface area contributed by atoms with Crippen LogP contribution in [0.3, 0.4) is 0 Å². The summed E-state index contributed by atoms with van der Waals surface area (Å²) in [7, 11) is 7.22. The quantitative estimate of drug-likeness (QED) is 0.418. The van der Waals surface area contributed by atoms with Crippen molar-refractivity contribution in [2.75, 3.05) is 19.6 Å². The molecule has 8 nitrogen and oxygen atoms in total. The number of amides is 2. The minimum Gasteiger partial charge on any atom is -0.0630 e. The van der Waals surface area contributed by atoms with E-state index in [1.807, 2.05) is 26.2 Å². The Labute approximate surface area is 222 Å². The molecule has 198 valence electrons. The number of aromatic nitrogens is 3. The average molecular weight is 504 g/mol. The first-order valence-corrected chi connectivity index (χ1v) is 12.9. The number of aryl methyl sites for hydroxylation is 2. The smallest absolute Gasteiger partial charge is 0.0500 e. The van der Waals surface area contributed by atoms with Crippen molar-refractivity contribution in [1.82, 2.24) is 25.0 Å². The topological polar surface area (TPSA) is 95.4 Å². The van der Waals surface area contributed by atoms with Crippen molar-refractivity contribution in [3.63, 3.8) is 0 Å². The minimum absolute atomic E-state index is 0.0770. The largest absolute Gasteiger partial charge is 0.0630 e. The number of carbonyl (C=O) groups is 2. The van der Waals surface area contributed by atoms with Crippen LogP contribution in [-0.4, -0.2) is 64.2 Å². The van der Waals surface area contributed by atoms with E-state index in [1.165, 1.54) is 5.57 Å². The second-order valence-corrected chi connectivity index (χ2v) is 10.7. The Kier molecular flexibility index (Phi) is 11.2. The molecule has 2 N–H and O–H groups in total. The number of nitrogens with zero attached hydrogens (tertiary/aromatic N) is 4. The van der Waals surface area contributed by atoms with Gasteiger partial charge in [0.1, 0.15) is 0 Å². The SMILES string of the molecule is B#CC1CN(C(=O)CNC(=O)c2c[nH]c(C)c2N=C(/C=C(\C)CC(C)C)c2cnn(C)c2)C1.CC(C)C. The van der Waals surface area contributed by atoms with E-state index in [0.29, 0.717) is 30.3 Å². The molecule has 3 heterocycles. The van der Waals surface area contributed by atoms with Crippen molar-refractivity contribution in [2.24, 2.45) is 29.8 Å². The number of hydrogen-bond donors (Lipinski definition) is 2. The summed E-state index contributed by atoms with van der Waals surface area (Å²) in [5.41, 5.74) is 4.49. The number of nitrogens with one attached hydrogen (secondary N) is 2. The molecule has 0 atom stereocenters. The van der Waals surface area contributed by atoms with Crippen LogP contribution in [0.1, 0.15) is 69.6 Å². The number of aliphatic imine (C=N–C) groups is 1. The molecule has 0 aromatic carbocycles. The van der Waals surface area contributed by atoms with Crippen LogP contribution < -0.4 is 5.32 Å². The average Bonchev–Trinajstić information content (AvgIpc) is 3.35. The predicted octanol–water partition coefficient (Wildman–Crippen LogP) is 4.15. The van der Waals surface area contributed by atoms with Crippen molar-refractivity contribution in [1.29, 1.82) is 0 Å². The van der Waals surface area contributed by atoms with Gasteiger partial charge >= 0.3 is 116 Å². The Morgan fingerprint density at radius 3 is 2.49 bits per heavy atom. The summed E-state index contributed by atoms with van der Waals surface area (Å²) in [6, 6.07) is 0. The molecule has 0 radical (unpaired) electrons. The molecular weight excluding hydrogens is 463 g/mol. The third-order valence-corrected chi connectivity index (χ3v) is 5.50. The molecule has 1 aliphatic rings. The van der Waals surface area contributed by atoms with E-state index in [2.05, 4.69) is 62.7 Å². The van der Waals surface area contributed by atoms with Crippen LogP contribution in [0.15, 0.2) is 35.2 Å². The van der Waals surface area contributed by atoms with Crippen molar-refractivity contribution in [3.8, 4) is 5.80 Å². The molecule has 0 unspecified atom stereocenters. The first-order chi connectivity index (χ1) is 17.4. The fourth-order valence-electron chi connectivity index (χ4n) is 3.78. The van der Waals surface area contributed by atoms with E-state index >= 15 is 0 Å². The Balaban J connectivity index is 0.00000112. The van der Waals surface area contributed by atoms with Crippen LogP contribution in [0.2, 0.25) is 0 Å². The zero-order chi connectivity index (χ0) is 27.7. The van der Waals surface area contributed by atoms with E-state index in [-0.39, 0.29) is 24.3 Å². The third-order valence-electron chi connectivity index (χ3n) is 5.50. The maximum Gasteiger partial charge on any atom is -0.0500 e. The Morgan fingerprint density at radius 1 is 1.30 bits per heavy atom. The fourth-order valence-corrected chi connectivity index (χ4v) is 3.78. The maximum absolute atomic E-state index is 12.9. The summed E-state index contributed by atoms with van der Waals surface area (Å²) in [5.74, 6) is 3.60. The van der Waals surface area contributed by atoms with Gasteiger partial charge in [-0.3, -0.25) is 4.68 Å². The summed E-state index contributed by atoms with van der Waals surface area (Å²) in [4.78, 5) is 34.8. The molecule has 1 fully saturated rings. The molecule has 2 amide bonds. The number of H-pyrrole nitrogens is 1. The molecule has 0 saturated carbocycles. The third kappa shape index (κ3) is 9.25. The minimum atomic E-state index is -0.353. The number of likely N-dealkylation sites (tertiary alicyclic amines) is 1. The van der Waals surface area contributed by atoms with Crippen molar-refractivity contribution in [3.05, 3.63) is 47.1 Å². The second kappa shape index (κ2) is 13.8. The van der Waals surface area contributed by atoms with Crippen LogP contribution in [-0.2, 0) is 11.8 Å². The zero-order valence-corrected chi connectivity index (χ0v) is 23.6. The number of hydrogen-bond acceptors (Lipinski definition) is 4. The van der Waals surface area contributed by atoms with Gasteiger partial charge in [-0.25, -0.2) is 0 Å². The van der Waals surface area contributed by atoms with Gasteiger partial charge in [0.2, 0.25) is 0 Å². The van der Waals surface area contributed by atoms with Crippen molar-refractivity contribution in [2.45, 2.75) is 54.9 Å². The van der Waals surface area contributed by atoms with Gasteiger partial charge in [0.25, 0.3) is 0 Å². The van der Waals surface area contributed by atoms with E-state index in [0.717, 1.165) is 29.3 Å². The van der Waals surface area contributed by atoms with Crippen LogP contribution in [0.5, 0.6) is 0 Å². The monoisotopic (exact) mass is 504 g/mol. The molecular formula is C28H41BN6O2. The summed E-state index contributed by atoms with van der Waals surface area (Å²) in [5, 5.41) is 6.99. The summed E-state index contributed by atoms with van der Waals surface area (Å²) in [6.45, 7) is 15.8. The molecule has 0 spiro atoms. The summed E-state index contributed by atoms with van der Waals surface area (Å²) >= 11 is 0. The van der Waals surface area contributed by atoms with Crippen LogP contribution >= 0.6 is 0 Å². The molecule has 37 heavy (non-hydrogen) atoms. The Bertz CT molecular complexity index is 1170. The van der Waals surface area contributed by atoms with Gasteiger partial charge in [-0.1, -0.05) is 40.2 Å². The van der Waals surface area contributed by atoms with E-state index in [4.69, 9.17) is 12.3 Å². The molecule has 1 saturated heterocycles. The molecule has 1 aliphatic heterocycles. The van der Waals surface area contributed by atoms with Gasteiger partial charge in [0.05, 0.1) is 6.20 Å². The normalized spacial score (nSPS) is 14.3.